The minimum absolute atomic E-state index is 0.0101. The molecule has 4 aromatic carbocycles. The number of halogens is 9. The summed E-state index contributed by atoms with van der Waals surface area (Å²) in [5.74, 6) is -3.74. The van der Waals surface area contributed by atoms with Crippen molar-refractivity contribution in [1.82, 2.24) is 21.3 Å². The predicted molar refractivity (Wildman–Crippen MR) is 434 cm³/mol. The van der Waals surface area contributed by atoms with Crippen molar-refractivity contribution >= 4 is 162 Å². The number of hydrogen-bond acceptors (Lipinski definition) is 26. The Morgan fingerprint density at radius 2 is 0.784 bits per heavy atom. The fraction of sp³-hybridized carbons (Fsp3) is 0.587. The van der Waals surface area contributed by atoms with Crippen LogP contribution in [0, 0.1) is 0 Å². The van der Waals surface area contributed by atoms with Crippen molar-refractivity contribution in [2.24, 2.45) is 0 Å². The molecule has 5 N–H and O–H groups in total. The Morgan fingerprint density at radius 1 is 0.422 bits per heavy atom. The van der Waals surface area contributed by atoms with Crippen LogP contribution in [0.4, 0.5) is 14.4 Å². The standard InChI is InChI=1S/C75H99Cl9N4O26P2/c1-3-5-7-9-11-13-15-17-31-41-58(89)85-45-60(91)108-66-62(87-70(94)102-49-73(76,77)78)68(99-43-44-105-115(97,110-52-33-23-19-24-34-52)111-53-35-25-20-26-36-53)106-56(64(66)93)47-100-69-63(88-71(95)103-50-74(79,80)81)67(109-61(92)46-86-59(90)42-32-18-16-14-12-10-8-6-4-2)65(57(107-69)48-101-72(96)104-51-75(82,83)84)114-116(98,112-54-37-27-21-28-38-54)113-55-39-29-22-30-40-55/h19-30,33-40,56-57,62-69,93H,3-18,31-32,41-51H2,1-2H3,(H,85,89)(H,86,90)(H,87,94)(H,88,95)/t56-,57-,62-,63-,64-,65-,66-,67-,68+,69-/m1/s1. The lowest BCUT2D eigenvalue weighted by molar-refractivity contribution is -0.304. The van der Waals surface area contributed by atoms with Crippen molar-refractivity contribution < 1.29 is 122 Å². The van der Waals surface area contributed by atoms with E-state index < -0.39 is 190 Å². The molecule has 4 aromatic rings. The largest absolute Gasteiger partial charge is 0.588 e. The van der Waals surface area contributed by atoms with Gasteiger partial charge in [0.15, 0.2) is 24.8 Å². The zero-order valence-electron chi connectivity index (χ0n) is 63.8. The molecule has 41 heteroatoms. The maximum Gasteiger partial charge on any atom is 0.588 e. The Hall–Kier alpha value is -5.44. The molecule has 0 aromatic heterocycles. The van der Waals surface area contributed by atoms with Crippen LogP contribution in [0.25, 0.3) is 0 Å². The van der Waals surface area contributed by atoms with Gasteiger partial charge in [-0.3, -0.25) is 28.2 Å². The molecule has 6 rings (SSSR count). The lowest BCUT2D eigenvalue weighted by Crippen LogP contribution is -2.68. The van der Waals surface area contributed by atoms with Crippen LogP contribution in [0.15, 0.2) is 121 Å². The number of hydrogen-bond donors (Lipinski definition) is 5. The van der Waals surface area contributed by atoms with E-state index in [1.165, 1.54) is 72.8 Å². The smallest absolute Gasteiger partial charge is 0.456 e. The first-order valence-corrected chi connectivity index (χ1v) is 44.2. The molecule has 2 aliphatic rings. The second kappa shape index (κ2) is 52.7. The van der Waals surface area contributed by atoms with Crippen molar-refractivity contribution in [1.29, 1.82) is 0 Å². The molecule has 2 saturated heterocycles. The van der Waals surface area contributed by atoms with Crippen LogP contribution in [0.1, 0.15) is 142 Å². The van der Waals surface area contributed by atoms with Gasteiger partial charge in [0.2, 0.25) is 23.2 Å². The average molecular weight is 1850 g/mol. The summed E-state index contributed by atoms with van der Waals surface area (Å²) in [7, 11) is -9.99. The molecule has 0 aliphatic carbocycles. The molecular formula is C75H99Cl9N4O26P2. The number of rotatable bonds is 51. The van der Waals surface area contributed by atoms with Gasteiger partial charge in [0.25, 0.3) is 0 Å². The minimum Gasteiger partial charge on any atom is -0.456 e. The molecular weight excluding hydrogens is 1750 g/mol. The van der Waals surface area contributed by atoms with Gasteiger partial charge < -0.3 is 91.8 Å². The predicted octanol–water partition coefficient (Wildman–Crippen LogP) is 17.1. The Kier molecular flexibility index (Phi) is 45.1. The van der Waals surface area contributed by atoms with E-state index in [2.05, 4.69) is 35.1 Å². The number of unbranched alkanes of at least 4 members (excludes halogenated alkanes) is 16. The summed E-state index contributed by atoms with van der Waals surface area (Å²) < 4.78 is 118. The minimum atomic E-state index is -5.32. The highest BCUT2D eigenvalue weighted by Gasteiger charge is 2.56. The summed E-state index contributed by atoms with van der Waals surface area (Å²) in [5.41, 5.74) is 0. The number of esters is 2. The number of ether oxygens (including phenoxy) is 10. The van der Waals surface area contributed by atoms with Crippen LogP contribution in [0.3, 0.4) is 0 Å². The number of alkyl carbamates (subject to hydrolysis) is 2. The van der Waals surface area contributed by atoms with Crippen molar-refractivity contribution in [2.45, 2.75) is 215 Å². The van der Waals surface area contributed by atoms with E-state index in [1.807, 2.05) is 0 Å². The zero-order valence-corrected chi connectivity index (χ0v) is 72.4. The van der Waals surface area contributed by atoms with E-state index in [0.717, 1.165) is 96.3 Å². The highest BCUT2D eigenvalue weighted by Crippen LogP contribution is 2.53. The summed E-state index contributed by atoms with van der Waals surface area (Å²) in [6.07, 6.45) is -4.15. The Balaban J connectivity index is 1.43. The Bertz CT molecular complexity index is 3580. The van der Waals surface area contributed by atoms with E-state index in [-0.39, 0.29) is 35.8 Å². The number of phosphoric acid groups is 2. The van der Waals surface area contributed by atoms with E-state index in [1.54, 1.807) is 48.5 Å². The number of carbonyl (C=O) groups is 7. The molecule has 0 bridgehead atoms. The number of aliphatic hydroxyl groups is 1. The third-order valence-electron chi connectivity index (χ3n) is 16.9. The number of carbonyl (C=O) groups excluding carboxylic acids is 7. The quantitative estimate of drug-likeness (QED) is 0.00901. The molecule has 2 fully saturated rings. The summed E-state index contributed by atoms with van der Waals surface area (Å²) >= 11 is 53.9. The molecule has 2 aliphatic heterocycles. The van der Waals surface area contributed by atoms with Crippen molar-refractivity contribution in [3.8, 4) is 23.0 Å². The van der Waals surface area contributed by atoms with E-state index >= 15 is 4.57 Å². The van der Waals surface area contributed by atoms with Crippen molar-refractivity contribution in [3.05, 3.63) is 121 Å². The first-order chi connectivity index (χ1) is 55.3. The average Bonchev–Trinajstić information content (AvgIpc) is 0.765. The summed E-state index contributed by atoms with van der Waals surface area (Å²) in [6, 6.07) is 26.4. The molecule has 0 radical (unpaired) electrons. The Labute approximate surface area is 719 Å². The second-order valence-corrected chi connectivity index (χ2v) is 37.0. The molecule has 648 valence electrons. The molecule has 10 atom stereocenters. The van der Waals surface area contributed by atoms with Crippen LogP contribution in [-0.4, -0.2) is 179 Å². The maximum atomic E-state index is 15.7. The monoisotopic (exact) mass is 1850 g/mol. The molecule has 0 spiro atoms. The second-order valence-electron chi connectivity index (χ2n) is 26.5. The lowest BCUT2D eigenvalue weighted by Gasteiger charge is -2.47. The fourth-order valence-electron chi connectivity index (χ4n) is 11.4. The molecule has 30 nitrogen and oxygen atoms in total. The van der Waals surface area contributed by atoms with Crippen molar-refractivity contribution in [3.63, 3.8) is 0 Å². The van der Waals surface area contributed by atoms with E-state index in [9.17, 15) is 43.2 Å². The van der Waals surface area contributed by atoms with Gasteiger partial charge in [0.1, 0.15) is 99.0 Å². The van der Waals surface area contributed by atoms with Gasteiger partial charge in [-0.2, -0.15) is 0 Å². The van der Waals surface area contributed by atoms with E-state index in [0.29, 0.717) is 19.3 Å². The Morgan fingerprint density at radius 3 is 1.20 bits per heavy atom. The number of para-hydroxylation sites is 4. The van der Waals surface area contributed by atoms with E-state index in [4.69, 9.17) is 179 Å². The van der Waals surface area contributed by atoms with Gasteiger partial charge in [-0.25, -0.2) is 23.5 Å². The molecule has 0 unspecified atom stereocenters. The van der Waals surface area contributed by atoms with Gasteiger partial charge >= 0.3 is 45.9 Å². The van der Waals surface area contributed by atoms with Crippen LogP contribution >= 0.6 is 120 Å². The number of aliphatic hydroxyl groups excluding tert-OH is 1. The third-order valence-corrected chi connectivity index (χ3v) is 20.6. The number of amides is 4. The van der Waals surface area contributed by atoms with Gasteiger partial charge in [0.05, 0.1) is 19.8 Å². The zero-order chi connectivity index (χ0) is 84.4. The number of benzene rings is 4. The highest BCUT2D eigenvalue weighted by atomic mass is 35.6. The van der Waals surface area contributed by atoms with Crippen LogP contribution in [0.5, 0.6) is 23.0 Å². The summed E-state index contributed by atoms with van der Waals surface area (Å²) in [5, 5.41) is 22.5. The molecule has 0 saturated carbocycles. The molecule has 116 heavy (non-hydrogen) atoms. The lowest BCUT2D eigenvalue weighted by atomic mass is 9.95. The van der Waals surface area contributed by atoms with Gasteiger partial charge in [0, 0.05) is 12.8 Å². The summed E-state index contributed by atoms with van der Waals surface area (Å²) in [4.78, 5) is 97.3. The van der Waals surface area contributed by atoms with Crippen LogP contribution in [0.2, 0.25) is 0 Å². The summed E-state index contributed by atoms with van der Waals surface area (Å²) in [6.45, 7) is -3.71. The molecule has 2 heterocycles. The first kappa shape index (κ1) is 99.4. The van der Waals surface area contributed by atoms with Gasteiger partial charge in [-0.05, 0) is 61.4 Å². The van der Waals surface area contributed by atoms with Gasteiger partial charge in [-0.1, -0.05) is 294 Å². The number of nitrogens with one attached hydrogen (secondary N) is 4. The normalized spacial score (nSPS) is 19.7. The SMILES string of the molecule is CCCCCCCCCCCC(=O)NCC(=O)O[C@@H]1[C@@H](NC(=O)OCC(Cl)(Cl)Cl)[C@H](OC[C@H]2O[C@H](OCCOP(=O)(Oc3ccccc3)Oc3ccccc3)[C@H](NC(=O)OCC(Cl)(Cl)Cl)[C@@H](OC(=O)CNC(=O)CCCCCCCCCCC)[C@@H]2O)O[C@H](COC(=O)OCC(Cl)(Cl)Cl)[C@H]1OP(=O)(Oc1ccccc1)Oc1ccccc1. The third kappa shape index (κ3) is 40.7. The van der Waals surface area contributed by atoms with Crippen LogP contribution in [-0.2, 0) is 84.7 Å². The topological polar surface area (TPSA) is 370 Å². The first-order valence-electron chi connectivity index (χ1n) is 37.8. The number of phosphoric ester groups is 2. The van der Waals surface area contributed by atoms with Gasteiger partial charge in [-0.15, -0.1) is 0 Å². The number of alkyl halides is 9. The van der Waals surface area contributed by atoms with Crippen LogP contribution < -0.4 is 39.4 Å². The maximum absolute atomic E-state index is 15.7. The van der Waals surface area contributed by atoms with Crippen molar-refractivity contribution in [2.75, 3.05) is 59.3 Å². The fourth-order valence-corrected chi connectivity index (χ4v) is 14.5. The molecule has 4 amide bonds. The highest BCUT2D eigenvalue weighted by molar-refractivity contribution is 7.49.